The molecule has 110 valence electrons. The van der Waals surface area contributed by atoms with Gasteiger partial charge in [0.1, 0.15) is 6.54 Å². The van der Waals surface area contributed by atoms with E-state index in [-0.39, 0.29) is 18.2 Å². The highest BCUT2D eigenvalue weighted by molar-refractivity contribution is 8.00. The van der Waals surface area contributed by atoms with E-state index in [9.17, 15) is 9.59 Å². The number of pyridine rings is 1. The fourth-order valence-electron chi connectivity index (χ4n) is 1.49. The summed E-state index contributed by atoms with van der Waals surface area (Å²) in [6, 6.07) is 3.68. The molecule has 2 aromatic rings. The second-order valence-electron chi connectivity index (χ2n) is 4.02. The van der Waals surface area contributed by atoms with Gasteiger partial charge in [0.15, 0.2) is 0 Å². The van der Waals surface area contributed by atoms with Gasteiger partial charge in [-0.25, -0.2) is 0 Å². The highest BCUT2D eigenvalue weighted by Gasteiger charge is 2.07. The largest absolute Gasteiger partial charge is 0.468 e. The topological polar surface area (TPSA) is 86.1 Å². The monoisotopic (exact) mass is 306 g/mol. The van der Waals surface area contributed by atoms with E-state index >= 15 is 0 Å². The molecule has 1 amide bonds. The number of methoxy groups -OCH3 is 1. The summed E-state index contributed by atoms with van der Waals surface area (Å²) in [7, 11) is 1.31. The minimum absolute atomic E-state index is 0.0120. The van der Waals surface area contributed by atoms with E-state index in [4.69, 9.17) is 0 Å². The minimum Gasteiger partial charge on any atom is -0.468 e. The first-order chi connectivity index (χ1) is 10.2. The summed E-state index contributed by atoms with van der Waals surface area (Å²) in [4.78, 5) is 27.8. The van der Waals surface area contributed by atoms with E-state index in [1.807, 2.05) is 12.1 Å². The molecule has 0 fully saturated rings. The lowest BCUT2D eigenvalue weighted by atomic mass is 10.5. The summed E-state index contributed by atoms with van der Waals surface area (Å²) in [5.74, 6) is -0.259. The molecule has 7 nitrogen and oxygen atoms in total. The first-order valence-corrected chi connectivity index (χ1v) is 7.08. The molecular formula is C13H14N4O3S. The second-order valence-corrected chi connectivity index (χ2v) is 5.07. The summed E-state index contributed by atoms with van der Waals surface area (Å²) in [6.07, 6.45) is 6.41. The molecule has 0 aliphatic carbocycles. The molecule has 0 saturated carbocycles. The fourth-order valence-corrected chi connectivity index (χ4v) is 2.18. The Balaban J connectivity index is 1.81. The van der Waals surface area contributed by atoms with Gasteiger partial charge in [-0.2, -0.15) is 5.10 Å². The molecular weight excluding hydrogens is 292 g/mol. The first-order valence-electron chi connectivity index (χ1n) is 6.09. The molecule has 2 rings (SSSR count). The number of esters is 1. The van der Waals surface area contributed by atoms with Crippen molar-refractivity contribution in [2.24, 2.45) is 0 Å². The van der Waals surface area contributed by atoms with Crippen molar-refractivity contribution < 1.29 is 14.3 Å². The normalized spacial score (nSPS) is 10.1. The number of anilines is 1. The number of aromatic nitrogens is 3. The van der Waals surface area contributed by atoms with Crippen LogP contribution in [0.15, 0.2) is 41.8 Å². The highest BCUT2D eigenvalue weighted by atomic mass is 32.2. The van der Waals surface area contributed by atoms with Crippen LogP contribution in [0.1, 0.15) is 0 Å². The van der Waals surface area contributed by atoms with Gasteiger partial charge in [-0.15, -0.1) is 11.8 Å². The number of carbonyl (C=O) groups is 2. The van der Waals surface area contributed by atoms with Crippen molar-refractivity contribution in [3.8, 4) is 0 Å². The number of amides is 1. The Hall–Kier alpha value is -2.35. The Labute approximate surface area is 125 Å². The molecule has 0 spiro atoms. The van der Waals surface area contributed by atoms with Crippen LogP contribution in [0.4, 0.5) is 5.69 Å². The lowest BCUT2D eigenvalue weighted by Gasteiger charge is -2.02. The van der Waals surface area contributed by atoms with Crippen molar-refractivity contribution in [3.63, 3.8) is 0 Å². The predicted octanol–water partition coefficient (Wildman–Crippen LogP) is 1.18. The van der Waals surface area contributed by atoms with E-state index in [0.717, 1.165) is 4.90 Å². The number of nitrogens with one attached hydrogen (secondary N) is 1. The molecule has 2 aromatic heterocycles. The number of thioether (sulfide) groups is 1. The summed E-state index contributed by atoms with van der Waals surface area (Å²) < 4.78 is 5.94. The molecule has 8 heteroatoms. The Bertz CT molecular complexity index is 615. The first kappa shape index (κ1) is 15.0. The Morgan fingerprint density at radius 2 is 2.14 bits per heavy atom. The second kappa shape index (κ2) is 7.44. The van der Waals surface area contributed by atoms with Crippen LogP contribution in [0.5, 0.6) is 0 Å². The third-order valence-electron chi connectivity index (χ3n) is 2.46. The van der Waals surface area contributed by atoms with Crippen LogP contribution in [-0.2, 0) is 20.9 Å². The van der Waals surface area contributed by atoms with Gasteiger partial charge in [-0.1, -0.05) is 0 Å². The van der Waals surface area contributed by atoms with Crippen molar-refractivity contribution in [1.82, 2.24) is 14.8 Å². The molecule has 0 saturated heterocycles. The van der Waals surface area contributed by atoms with Gasteiger partial charge < -0.3 is 10.1 Å². The van der Waals surface area contributed by atoms with Crippen molar-refractivity contribution in [3.05, 3.63) is 36.9 Å². The van der Waals surface area contributed by atoms with Gasteiger partial charge in [0, 0.05) is 23.5 Å². The van der Waals surface area contributed by atoms with E-state index < -0.39 is 5.97 Å². The van der Waals surface area contributed by atoms with Crippen LogP contribution >= 0.6 is 11.8 Å². The zero-order chi connectivity index (χ0) is 15.1. The molecule has 0 aliphatic heterocycles. The zero-order valence-electron chi connectivity index (χ0n) is 11.4. The average molecular weight is 306 g/mol. The smallest absolute Gasteiger partial charge is 0.327 e. The summed E-state index contributed by atoms with van der Waals surface area (Å²) >= 11 is 1.42. The van der Waals surface area contributed by atoms with Crippen molar-refractivity contribution in [1.29, 1.82) is 0 Å². The summed E-state index contributed by atoms with van der Waals surface area (Å²) in [6.45, 7) is 0.0120. The van der Waals surface area contributed by atoms with Crippen molar-refractivity contribution in [2.45, 2.75) is 11.4 Å². The number of carbonyl (C=O) groups excluding carboxylic acids is 2. The summed E-state index contributed by atoms with van der Waals surface area (Å²) in [5, 5.41) is 6.67. The van der Waals surface area contributed by atoms with E-state index in [1.54, 1.807) is 18.6 Å². The zero-order valence-corrected chi connectivity index (χ0v) is 12.2. The molecule has 0 radical (unpaired) electrons. The number of rotatable bonds is 6. The van der Waals surface area contributed by atoms with E-state index in [1.165, 1.54) is 29.8 Å². The van der Waals surface area contributed by atoms with Crippen LogP contribution in [-0.4, -0.2) is 39.5 Å². The SMILES string of the molecule is COC(=O)Cn1cc(NC(=O)CSc2ccncc2)cn1. The summed E-state index contributed by atoms with van der Waals surface area (Å²) in [5.41, 5.74) is 0.541. The number of ether oxygens (including phenoxy) is 1. The Kier molecular flexibility index (Phi) is 5.33. The van der Waals surface area contributed by atoms with E-state index in [0.29, 0.717) is 5.69 Å². The van der Waals surface area contributed by atoms with Gasteiger partial charge in [0.05, 0.1) is 24.7 Å². The van der Waals surface area contributed by atoms with Gasteiger partial charge >= 0.3 is 5.97 Å². The average Bonchev–Trinajstić information content (AvgIpc) is 2.93. The van der Waals surface area contributed by atoms with E-state index in [2.05, 4.69) is 20.1 Å². The van der Waals surface area contributed by atoms with Gasteiger partial charge in [0.2, 0.25) is 5.91 Å². The van der Waals surface area contributed by atoms with Crippen LogP contribution in [0.3, 0.4) is 0 Å². The molecule has 1 N–H and O–H groups in total. The van der Waals surface area contributed by atoms with Crippen molar-refractivity contribution in [2.75, 3.05) is 18.2 Å². The quantitative estimate of drug-likeness (QED) is 0.637. The molecule has 0 aromatic carbocycles. The molecule has 2 heterocycles. The third kappa shape index (κ3) is 4.92. The molecule has 0 bridgehead atoms. The van der Waals surface area contributed by atoms with Crippen LogP contribution in [0.2, 0.25) is 0 Å². The van der Waals surface area contributed by atoms with Gasteiger partial charge in [-0.05, 0) is 12.1 Å². The highest BCUT2D eigenvalue weighted by Crippen LogP contribution is 2.16. The number of nitrogens with zero attached hydrogens (tertiary/aromatic N) is 3. The molecule has 0 aliphatic rings. The van der Waals surface area contributed by atoms with Crippen LogP contribution in [0, 0.1) is 0 Å². The maximum absolute atomic E-state index is 11.8. The molecule has 0 unspecified atom stereocenters. The predicted molar refractivity (Wildman–Crippen MR) is 77.8 cm³/mol. The Morgan fingerprint density at radius 1 is 1.38 bits per heavy atom. The van der Waals surface area contributed by atoms with Gasteiger partial charge in [0.25, 0.3) is 0 Å². The molecule has 0 atom stereocenters. The number of hydrogen-bond acceptors (Lipinski definition) is 6. The van der Waals surface area contributed by atoms with Crippen molar-refractivity contribution >= 4 is 29.3 Å². The third-order valence-corrected chi connectivity index (χ3v) is 3.47. The minimum atomic E-state index is -0.399. The maximum atomic E-state index is 11.8. The lowest BCUT2D eigenvalue weighted by Crippen LogP contribution is -2.14. The van der Waals surface area contributed by atoms with Crippen LogP contribution < -0.4 is 5.32 Å². The fraction of sp³-hybridized carbons (Fsp3) is 0.231. The molecule has 21 heavy (non-hydrogen) atoms. The lowest BCUT2D eigenvalue weighted by molar-refractivity contribution is -0.141. The maximum Gasteiger partial charge on any atom is 0.327 e. The number of hydrogen-bond donors (Lipinski definition) is 1. The standard InChI is InChI=1S/C13H14N4O3S/c1-20-13(19)8-17-7-10(6-15-17)16-12(18)9-21-11-2-4-14-5-3-11/h2-7H,8-9H2,1H3,(H,16,18). The van der Waals surface area contributed by atoms with Crippen LogP contribution in [0.25, 0.3) is 0 Å². The van der Waals surface area contributed by atoms with Gasteiger partial charge in [-0.3, -0.25) is 19.3 Å². The Morgan fingerprint density at radius 3 is 2.86 bits per heavy atom.